The van der Waals surface area contributed by atoms with E-state index < -0.39 is 0 Å². The van der Waals surface area contributed by atoms with E-state index in [9.17, 15) is 0 Å². The summed E-state index contributed by atoms with van der Waals surface area (Å²) < 4.78 is 15.1. The van der Waals surface area contributed by atoms with Gasteiger partial charge in [-0.25, -0.2) is 4.98 Å². The number of anilines is 3. The number of para-hydroxylation sites is 3. The van der Waals surface area contributed by atoms with E-state index in [1.807, 2.05) is 48.5 Å². The van der Waals surface area contributed by atoms with Crippen LogP contribution in [-0.4, -0.2) is 9.55 Å². The van der Waals surface area contributed by atoms with E-state index in [1.165, 1.54) is 16.3 Å². The van der Waals surface area contributed by atoms with Gasteiger partial charge in [-0.2, -0.15) is 0 Å². The smallest absolute Gasteiger partial charge is 0.227 e. The van der Waals surface area contributed by atoms with Gasteiger partial charge in [0.2, 0.25) is 5.89 Å². The van der Waals surface area contributed by atoms with Crippen molar-refractivity contribution in [2.75, 3.05) is 4.90 Å². The summed E-state index contributed by atoms with van der Waals surface area (Å²) in [4.78, 5) is 7.05. The zero-order valence-electron chi connectivity index (χ0n) is 25.7. The molecule has 0 fully saturated rings. The highest BCUT2D eigenvalue weighted by molar-refractivity contribution is 6.11. The number of nitrogens with zero attached hydrogens (tertiary/aromatic N) is 3. The minimum atomic E-state index is 0.603. The van der Waals surface area contributed by atoms with Crippen LogP contribution in [0.4, 0.5) is 17.1 Å². The second-order valence-corrected chi connectivity index (χ2v) is 12.0. The molecule has 0 amide bonds. The van der Waals surface area contributed by atoms with Gasteiger partial charge < -0.3 is 18.3 Å². The number of aromatic nitrogens is 2. The summed E-state index contributed by atoms with van der Waals surface area (Å²) in [5.74, 6) is 0.603. The highest BCUT2D eigenvalue weighted by atomic mass is 16.4. The lowest BCUT2D eigenvalue weighted by molar-refractivity contribution is 0.620. The van der Waals surface area contributed by atoms with Gasteiger partial charge in [-0.15, -0.1) is 0 Å². The molecule has 0 saturated heterocycles. The van der Waals surface area contributed by atoms with Crippen LogP contribution in [0.5, 0.6) is 0 Å². The van der Waals surface area contributed by atoms with Crippen molar-refractivity contribution in [2.24, 2.45) is 0 Å². The average Bonchev–Trinajstić information content (AvgIpc) is 3.82. The molecule has 0 aliphatic rings. The largest absolute Gasteiger partial charge is 0.456 e. The predicted molar refractivity (Wildman–Crippen MR) is 196 cm³/mol. The number of fused-ring (bicyclic) bond motifs is 7. The average molecular weight is 618 g/mol. The molecule has 0 N–H and O–H groups in total. The summed E-state index contributed by atoms with van der Waals surface area (Å²) in [6.07, 6.45) is 0. The molecule has 0 radical (unpaired) electrons. The van der Waals surface area contributed by atoms with Crippen LogP contribution in [0.3, 0.4) is 0 Å². The third-order valence-electron chi connectivity index (χ3n) is 9.19. The van der Waals surface area contributed by atoms with Crippen LogP contribution in [0.25, 0.3) is 72.0 Å². The Morgan fingerprint density at radius 1 is 0.438 bits per heavy atom. The number of furan rings is 1. The maximum atomic E-state index is 6.51. The van der Waals surface area contributed by atoms with Crippen LogP contribution in [0, 0.1) is 0 Å². The number of rotatable bonds is 5. The molecular weight excluding hydrogens is 590 g/mol. The van der Waals surface area contributed by atoms with Crippen LogP contribution in [0.2, 0.25) is 0 Å². The van der Waals surface area contributed by atoms with E-state index in [1.54, 1.807) is 0 Å². The Morgan fingerprint density at radius 2 is 1.08 bits per heavy atom. The quantitative estimate of drug-likeness (QED) is 0.193. The van der Waals surface area contributed by atoms with Gasteiger partial charge in [0.15, 0.2) is 5.58 Å². The lowest BCUT2D eigenvalue weighted by Crippen LogP contribution is -2.09. The van der Waals surface area contributed by atoms with E-state index in [0.29, 0.717) is 5.89 Å². The predicted octanol–water partition coefficient (Wildman–Crippen LogP) is 12.0. The minimum absolute atomic E-state index is 0.603. The van der Waals surface area contributed by atoms with Gasteiger partial charge >= 0.3 is 0 Å². The number of hydrogen-bond donors (Lipinski definition) is 0. The lowest BCUT2D eigenvalue weighted by atomic mass is 10.1. The monoisotopic (exact) mass is 617 g/mol. The molecule has 7 aromatic carbocycles. The standard InChI is InChI=1S/C43H27N3O2/c1-4-12-28(13-5-1)43-44-37-27-41-36(26-42(37)48-43)35-23-21-32(25-40(35)47-41)45(29-14-6-2-7-15-29)31-20-22-34-33-18-10-11-19-38(33)46(39(34)24-31)30-16-8-3-9-17-30/h1-27H. The fourth-order valence-electron chi connectivity index (χ4n) is 7.01. The summed E-state index contributed by atoms with van der Waals surface area (Å²) in [7, 11) is 0. The van der Waals surface area contributed by atoms with Crippen molar-refractivity contribution in [1.29, 1.82) is 0 Å². The third kappa shape index (κ3) is 4.15. The van der Waals surface area contributed by atoms with E-state index in [-0.39, 0.29) is 0 Å². The molecule has 0 saturated carbocycles. The number of hydrogen-bond acceptors (Lipinski definition) is 4. The summed E-state index contributed by atoms with van der Waals surface area (Å²) in [6, 6.07) is 56.9. The van der Waals surface area contributed by atoms with Crippen LogP contribution in [-0.2, 0) is 0 Å². The molecule has 0 spiro atoms. The molecule has 48 heavy (non-hydrogen) atoms. The van der Waals surface area contributed by atoms with Crippen LogP contribution >= 0.6 is 0 Å². The van der Waals surface area contributed by atoms with E-state index in [2.05, 4.69) is 125 Å². The van der Waals surface area contributed by atoms with E-state index >= 15 is 0 Å². The highest BCUT2D eigenvalue weighted by Gasteiger charge is 2.19. The molecule has 5 nitrogen and oxygen atoms in total. The summed E-state index contributed by atoms with van der Waals surface area (Å²) >= 11 is 0. The third-order valence-corrected chi connectivity index (χ3v) is 9.19. The first kappa shape index (κ1) is 26.6. The Labute approximate surface area is 275 Å². The van der Waals surface area contributed by atoms with E-state index in [4.69, 9.17) is 13.8 Å². The molecular formula is C43H27N3O2. The Balaban J connectivity index is 1.14. The van der Waals surface area contributed by atoms with Gasteiger partial charge in [-0.05, 0) is 72.8 Å². The van der Waals surface area contributed by atoms with Crippen molar-refractivity contribution in [1.82, 2.24) is 9.55 Å². The van der Waals surface area contributed by atoms with Gasteiger partial charge in [0.05, 0.1) is 11.0 Å². The SMILES string of the molecule is c1ccc(-c2nc3cc4oc5cc(N(c6ccccc6)c6ccc7c8ccccc8n(-c8ccccc8)c7c6)ccc5c4cc3o2)cc1. The molecule has 3 heterocycles. The second-order valence-electron chi connectivity index (χ2n) is 12.0. The molecule has 0 bridgehead atoms. The van der Waals surface area contributed by atoms with Gasteiger partial charge in [0.1, 0.15) is 16.7 Å². The lowest BCUT2D eigenvalue weighted by Gasteiger charge is -2.25. The Kier molecular flexibility index (Phi) is 5.81. The molecule has 5 heteroatoms. The summed E-state index contributed by atoms with van der Waals surface area (Å²) in [5.41, 5.74) is 10.6. The van der Waals surface area contributed by atoms with Crippen molar-refractivity contribution in [3.05, 3.63) is 164 Å². The first-order valence-corrected chi connectivity index (χ1v) is 16.0. The van der Waals surface area contributed by atoms with Crippen molar-refractivity contribution in [3.63, 3.8) is 0 Å². The summed E-state index contributed by atoms with van der Waals surface area (Å²) in [5, 5.41) is 4.47. The first-order chi connectivity index (χ1) is 23.8. The maximum absolute atomic E-state index is 6.51. The van der Waals surface area contributed by atoms with Crippen molar-refractivity contribution in [2.45, 2.75) is 0 Å². The number of oxazole rings is 1. The van der Waals surface area contributed by atoms with Crippen LogP contribution in [0.1, 0.15) is 0 Å². The van der Waals surface area contributed by atoms with Gasteiger partial charge in [0.25, 0.3) is 0 Å². The molecule has 10 aromatic rings. The normalized spacial score (nSPS) is 11.8. The Bertz CT molecular complexity index is 2780. The van der Waals surface area contributed by atoms with Crippen molar-refractivity contribution < 1.29 is 8.83 Å². The zero-order chi connectivity index (χ0) is 31.6. The van der Waals surface area contributed by atoms with E-state index in [0.717, 1.165) is 66.9 Å². The van der Waals surface area contributed by atoms with Crippen molar-refractivity contribution in [3.8, 4) is 17.1 Å². The van der Waals surface area contributed by atoms with Crippen molar-refractivity contribution >= 4 is 71.9 Å². The topological polar surface area (TPSA) is 47.3 Å². The molecule has 10 rings (SSSR count). The molecule has 226 valence electrons. The second kappa shape index (κ2) is 10.5. The maximum Gasteiger partial charge on any atom is 0.227 e. The van der Waals surface area contributed by atoms with Gasteiger partial charge in [-0.3, -0.25) is 0 Å². The molecule has 3 aromatic heterocycles. The van der Waals surface area contributed by atoms with Crippen LogP contribution in [0.15, 0.2) is 173 Å². The number of benzene rings is 7. The highest BCUT2D eigenvalue weighted by Crippen LogP contribution is 2.42. The molecule has 0 aliphatic carbocycles. The molecule has 0 atom stereocenters. The molecule has 0 aliphatic heterocycles. The molecule has 0 unspecified atom stereocenters. The Morgan fingerprint density at radius 3 is 1.90 bits per heavy atom. The first-order valence-electron chi connectivity index (χ1n) is 16.0. The fraction of sp³-hybridized carbons (Fsp3) is 0. The Hall–Kier alpha value is -6.59. The summed E-state index contributed by atoms with van der Waals surface area (Å²) in [6.45, 7) is 0. The zero-order valence-corrected chi connectivity index (χ0v) is 25.7. The minimum Gasteiger partial charge on any atom is -0.456 e. The van der Waals surface area contributed by atoms with Gasteiger partial charge in [-0.1, -0.05) is 78.9 Å². The van der Waals surface area contributed by atoms with Crippen LogP contribution < -0.4 is 4.90 Å². The fourth-order valence-corrected chi connectivity index (χ4v) is 7.01. The van der Waals surface area contributed by atoms with Gasteiger partial charge in [0, 0.05) is 62.0 Å².